The minimum Gasteiger partial charge on any atom is -0.457 e. The van der Waals surface area contributed by atoms with Crippen LogP contribution in [0.25, 0.3) is 0 Å². The van der Waals surface area contributed by atoms with E-state index in [1.165, 1.54) is 19.2 Å². The highest BCUT2D eigenvalue weighted by Gasteiger charge is 2.10. The standard InChI is InChI=1S/C7H7NO3/c1-6(9)11-8-5-3-2-4-7(8)10/h2-5H,1H3/p+1. The summed E-state index contributed by atoms with van der Waals surface area (Å²) in [6.07, 6.45) is 1.44. The lowest BCUT2D eigenvalue weighted by atomic mass is 10.5. The molecule has 0 aromatic carbocycles. The van der Waals surface area contributed by atoms with E-state index in [9.17, 15) is 4.79 Å². The number of rotatable bonds is 1. The van der Waals surface area contributed by atoms with Crippen molar-refractivity contribution in [3.05, 3.63) is 24.4 Å². The molecular formula is C7H8NO3+. The number of aromatic hydroxyl groups is 1. The molecule has 0 atom stereocenters. The van der Waals surface area contributed by atoms with E-state index in [0.717, 1.165) is 4.73 Å². The van der Waals surface area contributed by atoms with Gasteiger partial charge in [-0.15, -0.1) is 0 Å². The van der Waals surface area contributed by atoms with Crippen molar-refractivity contribution in [3.63, 3.8) is 0 Å². The number of pyridine rings is 1. The van der Waals surface area contributed by atoms with Crippen LogP contribution in [-0.2, 0) is 4.79 Å². The molecule has 0 aliphatic rings. The molecule has 0 aliphatic carbocycles. The molecule has 4 heteroatoms. The summed E-state index contributed by atoms with van der Waals surface area (Å²) in [5, 5.41) is 9.05. The highest BCUT2D eigenvalue weighted by atomic mass is 16.7. The van der Waals surface area contributed by atoms with Gasteiger partial charge in [-0.05, 0) is 6.07 Å². The molecule has 4 nitrogen and oxygen atoms in total. The molecule has 0 saturated carbocycles. The van der Waals surface area contributed by atoms with Gasteiger partial charge in [0.2, 0.25) is 6.20 Å². The zero-order valence-electron chi connectivity index (χ0n) is 6.02. The summed E-state index contributed by atoms with van der Waals surface area (Å²) in [5.74, 6) is -0.584. The van der Waals surface area contributed by atoms with E-state index in [2.05, 4.69) is 4.84 Å². The van der Waals surface area contributed by atoms with E-state index >= 15 is 0 Å². The van der Waals surface area contributed by atoms with E-state index in [1.807, 2.05) is 0 Å². The average molecular weight is 154 g/mol. The van der Waals surface area contributed by atoms with E-state index in [1.54, 1.807) is 12.1 Å². The van der Waals surface area contributed by atoms with Crippen LogP contribution in [0.4, 0.5) is 0 Å². The smallest absolute Gasteiger partial charge is 0.415 e. The zero-order chi connectivity index (χ0) is 8.27. The fourth-order valence-electron chi connectivity index (χ4n) is 0.635. The predicted molar refractivity (Wildman–Crippen MR) is 35.6 cm³/mol. The van der Waals surface area contributed by atoms with Gasteiger partial charge in [0.25, 0.3) is 0 Å². The van der Waals surface area contributed by atoms with Crippen LogP contribution in [0.15, 0.2) is 24.4 Å². The van der Waals surface area contributed by atoms with Crippen LogP contribution in [0.1, 0.15) is 6.92 Å². The van der Waals surface area contributed by atoms with Gasteiger partial charge in [0.1, 0.15) is 0 Å². The number of nitrogens with zero attached hydrogens (tertiary/aromatic N) is 1. The summed E-state index contributed by atoms with van der Waals surface area (Å²) < 4.78 is 0.988. The molecule has 0 fully saturated rings. The summed E-state index contributed by atoms with van der Waals surface area (Å²) in [6.45, 7) is 1.26. The Morgan fingerprint density at radius 1 is 1.64 bits per heavy atom. The van der Waals surface area contributed by atoms with Crippen LogP contribution in [-0.4, -0.2) is 11.1 Å². The van der Waals surface area contributed by atoms with Crippen LogP contribution >= 0.6 is 0 Å². The monoisotopic (exact) mass is 154 g/mol. The third-order valence-electron chi connectivity index (χ3n) is 1.03. The third kappa shape index (κ3) is 1.93. The molecule has 1 aromatic heterocycles. The SMILES string of the molecule is CC(=O)O[n+]1ccccc1O. The molecule has 1 rings (SSSR count). The highest BCUT2D eigenvalue weighted by Crippen LogP contribution is 1.94. The summed E-state index contributed by atoms with van der Waals surface area (Å²) in [7, 11) is 0. The Balaban J connectivity index is 2.86. The maximum atomic E-state index is 10.4. The summed E-state index contributed by atoms with van der Waals surface area (Å²) in [5.41, 5.74) is 0. The number of hydrogen-bond acceptors (Lipinski definition) is 3. The lowest BCUT2D eigenvalue weighted by Gasteiger charge is -1.91. The van der Waals surface area contributed by atoms with Crippen molar-refractivity contribution in [2.45, 2.75) is 6.92 Å². The second kappa shape index (κ2) is 3.01. The van der Waals surface area contributed by atoms with Crippen molar-refractivity contribution in [3.8, 4) is 5.88 Å². The maximum Gasteiger partial charge on any atom is 0.415 e. The molecule has 0 amide bonds. The minimum atomic E-state index is -0.475. The average Bonchev–Trinajstić information content (AvgIpc) is 1.93. The van der Waals surface area contributed by atoms with E-state index in [-0.39, 0.29) is 5.88 Å². The number of carbonyl (C=O) groups is 1. The molecule has 1 heterocycles. The van der Waals surface area contributed by atoms with Gasteiger partial charge in [-0.3, -0.25) is 0 Å². The molecule has 0 radical (unpaired) electrons. The molecule has 58 valence electrons. The lowest BCUT2D eigenvalue weighted by Crippen LogP contribution is -2.44. The van der Waals surface area contributed by atoms with Crippen LogP contribution < -0.4 is 9.57 Å². The molecule has 0 spiro atoms. The maximum absolute atomic E-state index is 10.4. The second-order valence-electron chi connectivity index (χ2n) is 1.97. The van der Waals surface area contributed by atoms with Gasteiger partial charge in [-0.25, -0.2) is 4.79 Å². The normalized spacial score (nSPS) is 9.18. The van der Waals surface area contributed by atoms with Gasteiger partial charge < -0.3 is 5.11 Å². The molecule has 0 aliphatic heterocycles. The topological polar surface area (TPSA) is 50.4 Å². The van der Waals surface area contributed by atoms with Crippen molar-refractivity contribution >= 4 is 5.97 Å². The van der Waals surface area contributed by atoms with Crippen molar-refractivity contribution < 1.29 is 19.5 Å². The number of aromatic nitrogens is 1. The van der Waals surface area contributed by atoms with Crippen molar-refractivity contribution in [2.75, 3.05) is 0 Å². The van der Waals surface area contributed by atoms with Crippen molar-refractivity contribution in [1.82, 2.24) is 0 Å². The van der Waals surface area contributed by atoms with Crippen molar-refractivity contribution in [2.24, 2.45) is 0 Å². The Bertz CT molecular complexity index is 272. The summed E-state index contributed by atoms with van der Waals surface area (Å²) in [6, 6.07) is 4.70. The fourth-order valence-corrected chi connectivity index (χ4v) is 0.635. The van der Waals surface area contributed by atoms with Gasteiger partial charge >= 0.3 is 11.8 Å². The Hall–Kier alpha value is -1.58. The Morgan fingerprint density at radius 2 is 2.36 bits per heavy atom. The first-order valence-corrected chi connectivity index (χ1v) is 3.08. The first-order chi connectivity index (χ1) is 5.20. The van der Waals surface area contributed by atoms with Crippen LogP contribution in [0.3, 0.4) is 0 Å². The molecule has 0 bridgehead atoms. The molecule has 1 aromatic rings. The van der Waals surface area contributed by atoms with E-state index < -0.39 is 5.97 Å². The molecule has 1 N–H and O–H groups in total. The van der Waals surface area contributed by atoms with Gasteiger partial charge in [0.05, 0.1) is 10.8 Å². The van der Waals surface area contributed by atoms with Crippen molar-refractivity contribution in [1.29, 1.82) is 0 Å². The van der Waals surface area contributed by atoms with Crippen LogP contribution in [0.2, 0.25) is 0 Å². The first-order valence-electron chi connectivity index (χ1n) is 3.08. The Kier molecular flexibility index (Phi) is 2.06. The Labute approximate surface area is 63.6 Å². The van der Waals surface area contributed by atoms with E-state index in [4.69, 9.17) is 5.11 Å². The third-order valence-corrected chi connectivity index (χ3v) is 1.03. The highest BCUT2D eigenvalue weighted by molar-refractivity contribution is 5.65. The molecule has 0 saturated heterocycles. The summed E-state index contributed by atoms with van der Waals surface area (Å²) >= 11 is 0. The fraction of sp³-hybridized carbons (Fsp3) is 0.143. The van der Waals surface area contributed by atoms with Crippen LogP contribution in [0, 0.1) is 0 Å². The van der Waals surface area contributed by atoms with E-state index in [0.29, 0.717) is 0 Å². The Morgan fingerprint density at radius 3 is 2.91 bits per heavy atom. The quantitative estimate of drug-likeness (QED) is 0.563. The molecular weight excluding hydrogens is 146 g/mol. The van der Waals surface area contributed by atoms with Gasteiger partial charge in [0.15, 0.2) is 0 Å². The predicted octanol–water partition coefficient (Wildman–Crippen LogP) is -0.345. The zero-order valence-corrected chi connectivity index (χ0v) is 6.02. The first kappa shape index (κ1) is 7.53. The van der Waals surface area contributed by atoms with Gasteiger partial charge in [0, 0.05) is 13.0 Å². The number of hydrogen-bond donors (Lipinski definition) is 1. The largest absolute Gasteiger partial charge is 0.457 e. The van der Waals surface area contributed by atoms with Gasteiger partial charge in [-0.2, -0.15) is 4.84 Å². The lowest BCUT2D eigenvalue weighted by molar-refractivity contribution is -0.871. The molecule has 0 unspecified atom stereocenters. The minimum absolute atomic E-state index is 0.109. The summed E-state index contributed by atoms with van der Waals surface area (Å²) in [4.78, 5) is 15.0. The van der Waals surface area contributed by atoms with Gasteiger partial charge in [-0.1, -0.05) is 0 Å². The number of carbonyl (C=O) groups excluding carboxylic acids is 1. The second-order valence-corrected chi connectivity index (χ2v) is 1.97. The van der Waals surface area contributed by atoms with Crippen LogP contribution in [0.5, 0.6) is 5.88 Å². The molecule has 11 heavy (non-hydrogen) atoms.